The Kier molecular flexibility index (Phi) is 6.60. The summed E-state index contributed by atoms with van der Waals surface area (Å²) >= 11 is 0. The van der Waals surface area contributed by atoms with E-state index in [-0.39, 0.29) is 40.3 Å². The van der Waals surface area contributed by atoms with Gasteiger partial charge in [-0.3, -0.25) is 4.79 Å². The van der Waals surface area contributed by atoms with E-state index >= 15 is 0 Å². The Balaban J connectivity index is 1.54. The fourth-order valence-corrected chi connectivity index (χ4v) is 3.35. The van der Waals surface area contributed by atoms with Crippen LogP contribution in [0.5, 0.6) is 17.2 Å². The SMILES string of the molecule is CCOC(=O)c1ccc(Oc2c(C)oc3cc(OC(=O)N4CCOCC4)ccc3c2=O)cc1. The number of ether oxygens (including phenoxy) is 4. The van der Waals surface area contributed by atoms with Crippen molar-refractivity contribution in [1.82, 2.24) is 4.90 Å². The largest absolute Gasteiger partial charge is 0.462 e. The van der Waals surface area contributed by atoms with Gasteiger partial charge in [-0.05, 0) is 50.2 Å². The molecule has 0 spiro atoms. The van der Waals surface area contributed by atoms with Gasteiger partial charge in [-0.25, -0.2) is 9.59 Å². The monoisotopic (exact) mass is 453 g/mol. The van der Waals surface area contributed by atoms with Crippen LogP contribution in [0.25, 0.3) is 11.0 Å². The van der Waals surface area contributed by atoms with Crippen molar-refractivity contribution in [3.8, 4) is 17.2 Å². The third kappa shape index (κ3) is 4.98. The van der Waals surface area contributed by atoms with Crippen molar-refractivity contribution < 1.29 is 33.0 Å². The van der Waals surface area contributed by atoms with Gasteiger partial charge in [0.15, 0.2) is 0 Å². The Morgan fingerprint density at radius 2 is 1.73 bits per heavy atom. The smallest absolute Gasteiger partial charge is 0.415 e. The topological polar surface area (TPSA) is 105 Å². The first-order valence-corrected chi connectivity index (χ1v) is 10.5. The van der Waals surface area contributed by atoms with E-state index in [0.717, 1.165) is 0 Å². The molecule has 172 valence electrons. The van der Waals surface area contributed by atoms with Crippen LogP contribution in [0.15, 0.2) is 51.7 Å². The Morgan fingerprint density at radius 1 is 1.03 bits per heavy atom. The van der Waals surface area contributed by atoms with Crippen LogP contribution in [-0.4, -0.2) is 49.9 Å². The standard InChI is InChI=1S/C24H23NO8/c1-3-30-23(27)16-4-6-17(7-5-16)32-22-15(2)31-20-14-18(8-9-19(20)21(22)26)33-24(28)25-10-12-29-13-11-25/h4-9,14H,3,10-13H2,1-2H3. The molecule has 0 atom stereocenters. The quantitative estimate of drug-likeness (QED) is 0.536. The molecule has 3 aromatic rings. The number of nitrogens with zero attached hydrogens (tertiary/aromatic N) is 1. The van der Waals surface area contributed by atoms with Gasteiger partial charge in [0.2, 0.25) is 11.2 Å². The van der Waals surface area contributed by atoms with E-state index in [1.165, 1.54) is 18.2 Å². The number of benzene rings is 2. The van der Waals surface area contributed by atoms with Gasteiger partial charge in [0.25, 0.3) is 0 Å². The Labute approximate surface area is 189 Å². The summed E-state index contributed by atoms with van der Waals surface area (Å²) in [5.41, 5.74) is 0.287. The fraction of sp³-hybridized carbons (Fsp3) is 0.292. The van der Waals surface area contributed by atoms with E-state index in [4.69, 9.17) is 23.4 Å². The predicted octanol–water partition coefficient (Wildman–Crippen LogP) is 3.90. The van der Waals surface area contributed by atoms with Crippen LogP contribution in [-0.2, 0) is 9.47 Å². The van der Waals surface area contributed by atoms with Crippen molar-refractivity contribution in [3.63, 3.8) is 0 Å². The molecule has 1 saturated heterocycles. The maximum absolute atomic E-state index is 13.0. The van der Waals surface area contributed by atoms with E-state index in [2.05, 4.69) is 0 Å². The average Bonchev–Trinajstić information content (AvgIpc) is 2.82. The average molecular weight is 453 g/mol. The molecule has 0 radical (unpaired) electrons. The minimum atomic E-state index is -0.483. The lowest BCUT2D eigenvalue weighted by Crippen LogP contribution is -2.42. The Hall–Kier alpha value is -3.85. The van der Waals surface area contributed by atoms with Crippen LogP contribution >= 0.6 is 0 Å². The first-order chi connectivity index (χ1) is 16.0. The van der Waals surface area contributed by atoms with E-state index in [0.29, 0.717) is 37.6 Å². The highest BCUT2D eigenvalue weighted by molar-refractivity contribution is 5.89. The van der Waals surface area contributed by atoms with E-state index < -0.39 is 12.1 Å². The van der Waals surface area contributed by atoms with E-state index in [9.17, 15) is 14.4 Å². The Bertz CT molecular complexity index is 1230. The molecule has 0 bridgehead atoms. The minimum absolute atomic E-state index is 0.0319. The van der Waals surface area contributed by atoms with Gasteiger partial charge >= 0.3 is 12.1 Å². The molecule has 1 aliphatic heterocycles. The highest BCUT2D eigenvalue weighted by atomic mass is 16.6. The van der Waals surface area contributed by atoms with Crippen LogP contribution in [0.4, 0.5) is 4.79 Å². The summed E-state index contributed by atoms with van der Waals surface area (Å²) in [7, 11) is 0. The number of morpholine rings is 1. The van der Waals surface area contributed by atoms with E-state index in [1.807, 2.05) is 0 Å². The second-order valence-electron chi connectivity index (χ2n) is 7.29. The molecular formula is C24H23NO8. The summed E-state index contributed by atoms with van der Waals surface area (Å²) in [5.74, 6) is 0.497. The zero-order chi connectivity index (χ0) is 23.4. The zero-order valence-corrected chi connectivity index (χ0v) is 18.3. The third-order valence-electron chi connectivity index (χ3n) is 5.05. The van der Waals surface area contributed by atoms with Gasteiger partial charge in [0.1, 0.15) is 22.8 Å². The number of esters is 1. The van der Waals surface area contributed by atoms with Gasteiger partial charge in [-0.2, -0.15) is 0 Å². The highest BCUT2D eigenvalue weighted by Crippen LogP contribution is 2.28. The maximum atomic E-state index is 13.0. The lowest BCUT2D eigenvalue weighted by molar-refractivity contribution is 0.0416. The lowest BCUT2D eigenvalue weighted by Gasteiger charge is -2.25. The summed E-state index contributed by atoms with van der Waals surface area (Å²) in [6, 6.07) is 10.8. The fourth-order valence-electron chi connectivity index (χ4n) is 3.35. The Morgan fingerprint density at radius 3 is 2.42 bits per heavy atom. The molecule has 2 heterocycles. The molecule has 2 aromatic carbocycles. The predicted molar refractivity (Wildman–Crippen MR) is 118 cm³/mol. The number of fused-ring (bicyclic) bond motifs is 1. The second-order valence-corrected chi connectivity index (χ2v) is 7.29. The van der Waals surface area contributed by atoms with Gasteiger partial charge < -0.3 is 28.3 Å². The summed E-state index contributed by atoms with van der Waals surface area (Å²) in [6.07, 6.45) is -0.483. The second kappa shape index (κ2) is 9.74. The van der Waals surface area contributed by atoms with Crippen LogP contribution < -0.4 is 14.9 Å². The number of hydrogen-bond donors (Lipinski definition) is 0. The molecule has 9 nitrogen and oxygen atoms in total. The molecular weight excluding hydrogens is 430 g/mol. The van der Waals surface area contributed by atoms with Crippen molar-refractivity contribution in [2.24, 2.45) is 0 Å². The first-order valence-electron chi connectivity index (χ1n) is 10.5. The molecule has 4 rings (SSSR count). The zero-order valence-electron chi connectivity index (χ0n) is 18.3. The number of rotatable bonds is 5. The molecule has 0 unspecified atom stereocenters. The van der Waals surface area contributed by atoms with Crippen LogP contribution in [0.2, 0.25) is 0 Å². The van der Waals surface area contributed by atoms with Gasteiger partial charge in [0, 0.05) is 19.2 Å². The summed E-state index contributed by atoms with van der Waals surface area (Å²) < 4.78 is 27.1. The molecule has 1 aromatic heterocycles. The lowest BCUT2D eigenvalue weighted by atomic mass is 10.2. The molecule has 1 fully saturated rings. The number of hydrogen-bond acceptors (Lipinski definition) is 8. The van der Waals surface area contributed by atoms with Crippen LogP contribution in [0, 0.1) is 6.92 Å². The van der Waals surface area contributed by atoms with Crippen LogP contribution in [0.1, 0.15) is 23.0 Å². The number of amides is 1. The van der Waals surface area contributed by atoms with Crippen molar-refractivity contribution in [2.45, 2.75) is 13.8 Å². The van der Waals surface area contributed by atoms with Crippen molar-refractivity contribution in [3.05, 3.63) is 64.0 Å². The molecule has 1 aliphatic rings. The summed E-state index contributed by atoms with van der Waals surface area (Å²) in [4.78, 5) is 38.7. The number of carbonyl (C=O) groups is 2. The number of carbonyl (C=O) groups excluding carboxylic acids is 2. The van der Waals surface area contributed by atoms with Crippen LogP contribution in [0.3, 0.4) is 0 Å². The summed E-state index contributed by atoms with van der Waals surface area (Å²) in [5, 5.41) is 0.282. The molecule has 9 heteroatoms. The van der Waals surface area contributed by atoms with Crippen molar-refractivity contribution >= 4 is 23.0 Å². The maximum Gasteiger partial charge on any atom is 0.415 e. The molecule has 0 saturated carbocycles. The van der Waals surface area contributed by atoms with Crippen molar-refractivity contribution in [1.29, 1.82) is 0 Å². The first kappa shape index (κ1) is 22.3. The molecule has 1 amide bonds. The van der Waals surface area contributed by atoms with Gasteiger partial charge in [0.05, 0.1) is 30.8 Å². The molecule has 0 aliphatic carbocycles. The van der Waals surface area contributed by atoms with E-state index in [1.54, 1.807) is 43.0 Å². The highest BCUT2D eigenvalue weighted by Gasteiger charge is 2.20. The number of aryl methyl sites for hydroxylation is 1. The van der Waals surface area contributed by atoms with Crippen molar-refractivity contribution in [2.75, 3.05) is 32.9 Å². The van der Waals surface area contributed by atoms with Gasteiger partial charge in [-0.15, -0.1) is 0 Å². The summed E-state index contributed by atoms with van der Waals surface area (Å²) in [6.45, 7) is 5.47. The third-order valence-corrected chi connectivity index (χ3v) is 5.05. The minimum Gasteiger partial charge on any atom is -0.462 e. The normalized spacial score (nSPS) is 13.6. The molecule has 33 heavy (non-hydrogen) atoms. The molecule has 0 N–H and O–H groups in total. The van der Waals surface area contributed by atoms with Gasteiger partial charge in [-0.1, -0.05) is 0 Å².